The fourth-order valence-electron chi connectivity index (χ4n) is 3.88. The van der Waals surface area contributed by atoms with E-state index >= 15 is 0 Å². The third-order valence-electron chi connectivity index (χ3n) is 5.53. The van der Waals surface area contributed by atoms with Gasteiger partial charge >= 0.3 is 0 Å². The van der Waals surface area contributed by atoms with E-state index in [1.54, 1.807) is 19.1 Å². The Kier molecular flexibility index (Phi) is 6.13. The molecule has 0 amide bonds. The predicted molar refractivity (Wildman–Crippen MR) is 114 cm³/mol. The number of sulfone groups is 1. The third-order valence-corrected chi connectivity index (χ3v) is 8.23. The van der Waals surface area contributed by atoms with Crippen LogP contribution in [0.5, 0.6) is 11.5 Å². The van der Waals surface area contributed by atoms with Gasteiger partial charge in [0.1, 0.15) is 17.1 Å². The van der Waals surface area contributed by atoms with E-state index in [2.05, 4.69) is 25.8 Å². The molecule has 1 saturated heterocycles. The number of hydrogen-bond donors (Lipinski definition) is 0. The molecule has 0 saturated carbocycles. The van der Waals surface area contributed by atoms with Crippen molar-refractivity contribution < 1.29 is 17.9 Å². The fourth-order valence-corrected chi connectivity index (χ4v) is 5.88. The fraction of sp³-hybridized carbons (Fsp3) is 0.476. The average Bonchev–Trinajstić information content (AvgIpc) is 3.23. The molecule has 0 bridgehead atoms. The monoisotopic (exact) mass is 480 g/mol. The first kappa shape index (κ1) is 20.6. The number of likely N-dealkylation sites (tertiary alicyclic amines) is 1. The van der Waals surface area contributed by atoms with E-state index in [1.165, 1.54) is 32.1 Å². The van der Waals surface area contributed by atoms with Gasteiger partial charge < -0.3 is 14.4 Å². The van der Waals surface area contributed by atoms with E-state index in [1.807, 2.05) is 18.2 Å². The van der Waals surface area contributed by atoms with E-state index in [0.717, 1.165) is 28.8 Å². The molecule has 2 atom stereocenters. The zero-order chi connectivity index (χ0) is 20.4. The van der Waals surface area contributed by atoms with Crippen molar-refractivity contribution in [3.63, 3.8) is 0 Å². The van der Waals surface area contributed by atoms with Gasteiger partial charge in [-0.05, 0) is 85.0 Å². The SMILES string of the molecule is C[C@H]1[C@H](c2ccc(OCCCN3CCCC3)c(Br)c2)Oc2cccnc2S1(=O)=O. The van der Waals surface area contributed by atoms with Crippen molar-refractivity contribution in [3.8, 4) is 11.5 Å². The molecule has 0 N–H and O–H groups in total. The smallest absolute Gasteiger partial charge is 0.205 e. The molecule has 2 aliphatic rings. The summed E-state index contributed by atoms with van der Waals surface area (Å²) in [4.78, 5) is 6.48. The highest BCUT2D eigenvalue weighted by Gasteiger charge is 2.41. The maximum absolute atomic E-state index is 12.8. The van der Waals surface area contributed by atoms with Crippen molar-refractivity contribution >= 4 is 25.8 Å². The summed E-state index contributed by atoms with van der Waals surface area (Å²) in [6, 6.07) is 8.95. The number of aromatic nitrogens is 1. The van der Waals surface area contributed by atoms with E-state index in [4.69, 9.17) is 9.47 Å². The van der Waals surface area contributed by atoms with Crippen LogP contribution in [0, 0.1) is 0 Å². The Hall–Kier alpha value is -1.64. The first-order chi connectivity index (χ1) is 14.0. The number of pyridine rings is 1. The van der Waals surface area contributed by atoms with Crippen LogP contribution in [0.2, 0.25) is 0 Å². The minimum Gasteiger partial charge on any atom is -0.492 e. The summed E-state index contributed by atoms with van der Waals surface area (Å²) in [5.41, 5.74) is 0.784. The van der Waals surface area contributed by atoms with Crippen molar-refractivity contribution in [3.05, 3.63) is 46.6 Å². The highest BCUT2D eigenvalue weighted by molar-refractivity contribution is 9.10. The van der Waals surface area contributed by atoms with E-state index in [9.17, 15) is 8.42 Å². The maximum Gasteiger partial charge on any atom is 0.205 e. The van der Waals surface area contributed by atoms with Gasteiger partial charge in [0.2, 0.25) is 9.84 Å². The summed E-state index contributed by atoms with van der Waals surface area (Å²) in [6.07, 6.45) is 4.45. The van der Waals surface area contributed by atoms with Crippen LogP contribution >= 0.6 is 15.9 Å². The van der Waals surface area contributed by atoms with E-state index in [-0.39, 0.29) is 5.03 Å². The molecular formula is C21H25BrN2O4S. The minimum atomic E-state index is -3.55. The molecule has 1 aromatic heterocycles. The van der Waals surface area contributed by atoms with Gasteiger partial charge in [0.05, 0.1) is 11.1 Å². The number of nitrogens with zero attached hydrogens (tertiary/aromatic N) is 2. The largest absolute Gasteiger partial charge is 0.492 e. The lowest BCUT2D eigenvalue weighted by Crippen LogP contribution is -2.34. The second-order valence-corrected chi connectivity index (χ2v) is 10.6. The molecule has 3 heterocycles. The van der Waals surface area contributed by atoms with Crippen molar-refractivity contribution in [1.29, 1.82) is 0 Å². The second kappa shape index (κ2) is 8.62. The summed E-state index contributed by atoms with van der Waals surface area (Å²) >= 11 is 3.56. The summed E-state index contributed by atoms with van der Waals surface area (Å²) < 4.78 is 38.4. The second-order valence-electron chi connectivity index (χ2n) is 7.54. The molecule has 0 radical (unpaired) electrons. The van der Waals surface area contributed by atoms with E-state index < -0.39 is 21.2 Å². The highest BCUT2D eigenvalue weighted by atomic mass is 79.9. The number of rotatable bonds is 6. The third kappa shape index (κ3) is 4.29. The number of halogens is 1. The van der Waals surface area contributed by atoms with Crippen molar-refractivity contribution in [2.45, 2.75) is 42.6 Å². The quantitative estimate of drug-likeness (QED) is 0.581. The van der Waals surface area contributed by atoms with Crippen LogP contribution in [0.25, 0.3) is 0 Å². The van der Waals surface area contributed by atoms with Crippen LogP contribution < -0.4 is 9.47 Å². The van der Waals surface area contributed by atoms with Gasteiger partial charge in [-0.2, -0.15) is 0 Å². The number of ether oxygens (including phenoxy) is 2. The Labute approximate surface area is 180 Å². The molecule has 0 unspecified atom stereocenters. The molecule has 8 heteroatoms. The molecule has 29 heavy (non-hydrogen) atoms. The lowest BCUT2D eigenvalue weighted by molar-refractivity contribution is 0.186. The Morgan fingerprint density at radius 1 is 1.28 bits per heavy atom. The van der Waals surface area contributed by atoms with Crippen LogP contribution in [0.1, 0.15) is 37.9 Å². The summed E-state index contributed by atoms with van der Waals surface area (Å²) in [7, 11) is -3.55. The van der Waals surface area contributed by atoms with Gasteiger partial charge in [-0.3, -0.25) is 0 Å². The van der Waals surface area contributed by atoms with Gasteiger partial charge in [0, 0.05) is 12.7 Å². The normalized spacial score (nSPS) is 23.4. The molecule has 156 valence electrons. The number of hydrogen-bond acceptors (Lipinski definition) is 6. The highest BCUT2D eigenvalue weighted by Crippen LogP contribution is 2.41. The zero-order valence-corrected chi connectivity index (χ0v) is 18.8. The first-order valence-electron chi connectivity index (χ1n) is 9.97. The van der Waals surface area contributed by atoms with Crippen LogP contribution in [0.4, 0.5) is 0 Å². The standard InChI is InChI=1S/C21H25BrN2O4S/c1-15-20(28-19-6-4-9-23-21(19)29(15,25)26)16-7-8-18(17(22)14-16)27-13-5-12-24-10-2-3-11-24/h4,6-9,14-15,20H,2-3,5,10-13H2,1H3/t15-,20+/m0/s1. The molecule has 1 aromatic carbocycles. The van der Waals surface area contributed by atoms with Crippen LogP contribution in [-0.4, -0.2) is 49.8 Å². The molecule has 2 aromatic rings. The minimum absolute atomic E-state index is 0.0146. The van der Waals surface area contributed by atoms with Crippen molar-refractivity contribution in [2.75, 3.05) is 26.2 Å². The van der Waals surface area contributed by atoms with Gasteiger partial charge in [-0.1, -0.05) is 6.07 Å². The Bertz CT molecular complexity index is 976. The van der Waals surface area contributed by atoms with Crippen LogP contribution in [-0.2, 0) is 9.84 Å². The average molecular weight is 481 g/mol. The van der Waals surface area contributed by atoms with Crippen LogP contribution in [0.3, 0.4) is 0 Å². The first-order valence-corrected chi connectivity index (χ1v) is 12.3. The van der Waals surface area contributed by atoms with E-state index in [0.29, 0.717) is 12.4 Å². The molecular weight excluding hydrogens is 456 g/mol. The Balaban J connectivity index is 1.45. The zero-order valence-electron chi connectivity index (χ0n) is 16.4. The molecule has 6 nitrogen and oxygen atoms in total. The number of fused-ring (bicyclic) bond motifs is 1. The van der Waals surface area contributed by atoms with Crippen LogP contribution in [0.15, 0.2) is 46.0 Å². The predicted octanol–water partition coefficient (Wildman–Crippen LogP) is 4.00. The number of benzene rings is 1. The van der Waals surface area contributed by atoms with Crippen molar-refractivity contribution in [1.82, 2.24) is 9.88 Å². The van der Waals surface area contributed by atoms with Gasteiger partial charge in [-0.25, -0.2) is 13.4 Å². The summed E-state index contributed by atoms with van der Waals surface area (Å²) in [5, 5.41) is -0.718. The van der Waals surface area contributed by atoms with Gasteiger partial charge in [0.15, 0.2) is 10.8 Å². The maximum atomic E-state index is 12.8. The molecule has 0 aliphatic carbocycles. The molecule has 0 spiro atoms. The Morgan fingerprint density at radius 3 is 2.83 bits per heavy atom. The topological polar surface area (TPSA) is 68.7 Å². The summed E-state index contributed by atoms with van der Waals surface area (Å²) in [6.45, 7) is 5.76. The lowest BCUT2D eigenvalue weighted by atomic mass is 10.1. The van der Waals surface area contributed by atoms with Gasteiger partial charge in [0.25, 0.3) is 0 Å². The molecule has 1 fully saturated rings. The van der Waals surface area contributed by atoms with Crippen molar-refractivity contribution in [2.24, 2.45) is 0 Å². The van der Waals surface area contributed by atoms with Gasteiger partial charge in [-0.15, -0.1) is 0 Å². The molecule has 2 aliphatic heterocycles. The Morgan fingerprint density at radius 2 is 2.07 bits per heavy atom. The summed E-state index contributed by atoms with van der Waals surface area (Å²) in [5.74, 6) is 1.05. The lowest BCUT2D eigenvalue weighted by Gasteiger charge is -2.31. The molecule has 4 rings (SSSR count).